The van der Waals surface area contributed by atoms with Crippen LogP contribution in [0.3, 0.4) is 0 Å². The maximum atomic E-state index is 2.23. The third kappa shape index (κ3) is 6.58. The van der Waals surface area contributed by atoms with Gasteiger partial charge in [-0.1, -0.05) is 66.2 Å². The summed E-state index contributed by atoms with van der Waals surface area (Å²) in [6.07, 6.45) is 5.42. The molecule has 5 aromatic carbocycles. The van der Waals surface area contributed by atoms with Crippen molar-refractivity contribution >= 4 is 21.5 Å². The first-order chi connectivity index (χ1) is 14.8. The van der Waals surface area contributed by atoms with Crippen LogP contribution in [0.5, 0.6) is 0 Å². The van der Waals surface area contributed by atoms with Gasteiger partial charge in [0.2, 0.25) is 0 Å². The van der Waals surface area contributed by atoms with Gasteiger partial charge < -0.3 is 29.4 Å². The zero-order chi connectivity index (χ0) is 20.2. The second-order valence-electron chi connectivity index (χ2n) is 7.59. The Bertz CT molecular complexity index is 1230. The molecular weight excluding hydrogens is 524 g/mol. The summed E-state index contributed by atoms with van der Waals surface area (Å²) in [7, 11) is 0. The summed E-state index contributed by atoms with van der Waals surface area (Å²) in [5.74, 6) is 0. The molecule has 162 valence electrons. The summed E-state index contributed by atoms with van der Waals surface area (Å²) in [6, 6.07) is 40.4. The van der Waals surface area contributed by atoms with Gasteiger partial charge in [0.1, 0.15) is 0 Å². The Morgan fingerprint density at radius 1 is 0.636 bits per heavy atom. The van der Waals surface area contributed by atoms with Gasteiger partial charge in [-0.2, -0.15) is 17.7 Å². The van der Waals surface area contributed by atoms with Crippen molar-refractivity contribution in [1.29, 1.82) is 0 Å². The van der Waals surface area contributed by atoms with Gasteiger partial charge in [-0.3, -0.25) is 0 Å². The van der Waals surface area contributed by atoms with Crippen LogP contribution in [0.4, 0.5) is 0 Å². The monoisotopic (exact) mass is 545 g/mol. The van der Waals surface area contributed by atoms with E-state index in [1.54, 1.807) is 0 Å². The van der Waals surface area contributed by atoms with Gasteiger partial charge in [0.15, 0.2) is 0 Å². The van der Waals surface area contributed by atoms with E-state index in [9.17, 15) is 0 Å². The van der Waals surface area contributed by atoms with Gasteiger partial charge in [0.05, 0.1) is 0 Å². The molecule has 0 atom stereocenters. The van der Waals surface area contributed by atoms with Crippen molar-refractivity contribution in [3.8, 4) is 5.69 Å². The number of halogens is 2. The molecule has 0 amide bonds. The molecule has 0 bridgehead atoms. The summed E-state index contributed by atoms with van der Waals surface area (Å²) < 4.78 is 2.20. The van der Waals surface area contributed by atoms with Crippen molar-refractivity contribution in [2.24, 2.45) is 0 Å². The van der Waals surface area contributed by atoms with E-state index in [4.69, 9.17) is 0 Å². The van der Waals surface area contributed by atoms with Gasteiger partial charge in [0, 0.05) is 12.4 Å². The quantitative estimate of drug-likeness (QED) is 0.296. The van der Waals surface area contributed by atoms with E-state index in [0.717, 1.165) is 6.42 Å². The Labute approximate surface area is 226 Å². The fraction of sp³-hybridized carbons (Fsp3) is 0.0345. The molecule has 0 aliphatic heterocycles. The van der Waals surface area contributed by atoms with Crippen LogP contribution >= 0.6 is 0 Å². The van der Waals surface area contributed by atoms with Crippen molar-refractivity contribution in [2.45, 2.75) is 6.42 Å². The van der Waals surface area contributed by atoms with E-state index in [-0.39, 0.29) is 51.0 Å². The number of aromatic nitrogens is 1. The van der Waals surface area contributed by atoms with Gasteiger partial charge >= 0.3 is 26.2 Å². The fourth-order valence-corrected chi connectivity index (χ4v) is 3.88. The minimum Gasteiger partial charge on any atom is -1.00 e. The van der Waals surface area contributed by atoms with Crippen molar-refractivity contribution in [3.05, 3.63) is 139 Å². The molecule has 1 aromatic heterocycles. The van der Waals surface area contributed by atoms with E-state index in [1.807, 2.05) is 0 Å². The molecule has 0 fully saturated rings. The first-order valence-corrected chi connectivity index (χ1v) is 10.3. The van der Waals surface area contributed by atoms with Crippen molar-refractivity contribution in [1.82, 2.24) is 4.57 Å². The summed E-state index contributed by atoms with van der Waals surface area (Å²) in [4.78, 5) is 0. The molecule has 0 saturated heterocycles. The Kier molecular flexibility index (Phi) is 10.4. The van der Waals surface area contributed by atoms with E-state index < -0.39 is 0 Å². The average Bonchev–Trinajstić information content (AvgIpc) is 3.53. The van der Waals surface area contributed by atoms with Crippen LogP contribution in [0.2, 0.25) is 0 Å². The van der Waals surface area contributed by atoms with Crippen LogP contribution in [-0.4, -0.2) is 4.57 Å². The molecule has 4 heteroatoms. The first-order valence-electron chi connectivity index (χ1n) is 10.3. The summed E-state index contributed by atoms with van der Waals surface area (Å²) in [5, 5.41) is 5.15. The Hall–Kier alpha value is -2.38. The molecule has 0 aliphatic rings. The molecule has 33 heavy (non-hydrogen) atoms. The minimum absolute atomic E-state index is 0. The third-order valence-electron chi connectivity index (χ3n) is 5.44. The SMILES string of the molecule is [Cl-].[Cl-].[Zr+4].c1ccc(C[c-]2cccc2)cc1.c1ccc2cn(-c3cc4ccccc4[cH-]3)cc2c1. The second kappa shape index (κ2) is 12.8. The van der Waals surface area contributed by atoms with Gasteiger partial charge in [-0.05, 0) is 22.9 Å². The Morgan fingerprint density at radius 3 is 1.79 bits per heavy atom. The van der Waals surface area contributed by atoms with E-state index in [2.05, 4.69) is 132 Å². The van der Waals surface area contributed by atoms with Gasteiger partial charge in [0.25, 0.3) is 0 Å². The minimum atomic E-state index is 0. The number of benzene rings is 3. The predicted octanol–water partition coefficient (Wildman–Crippen LogP) is 1.50. The first kappa shape index (κ1) is 26.9. The van der Waals surface area contributed by atoms with Crippen LogP contribution in [0.1, 0.15) is 11.1 Å². The second-order valence-corrected chi connectivity index (χ2v) is 7.59. The topological polar surface area (TPSA) is 4.93 Å². The summed E-state index contributed by atoms with van der Waals surface area (Å²) in [6.45, 7) is 0. The predicted molar refractivity (Wildman–Crippen MR) is 128 cm³/mol. The number of rotatable bonds is 3. The summed E-state index contributed by atoms with van der Waals surface area (Å²) in [5.41, 5.74) is 4.00. The maximum absolute atomic E-state index is 2.23. The molecule has 0 N–H and O–H groups in total. The number of fused-ring (bicyclic) bond motifs is 2. The van der Waals surface area contributed by atoms with Crippen LogP contribution in [0, 0.1) is 0 Å². The molecule has 0 unspecified atom stereocenters. The van der Waals surface area contributed by atoms with Crippen molar-refractivity contribution in [2.75, 3.05) is 0 Å². The number of hydrogen-bond acceptors (Lipinski definition) is 0. The number of hydrogen-bond donors (Lipinski definition) is 0. The molecule has 0 radical (unpaired) electrons. The third-order valence-corrected chi connectivity index (χ3v) is 5.44. The molecule has 1 heterocycles. The van der Waals surface area contributed by atoms with E-state index in [1.165, 1.54) is 38.4 Å². The standard InChI is InChI=1S/C17H12N.C12H11.2ClH.Zr/c1-2-6-14-10-17(9-13(14)5-1)18-11-15-7-3-4-8-16(15)12-18;1-2-6-11(7-3-1)10-12-8-4-5-9-12;;;/h1-12H;1-9H,10H2;2*1H;/q2*-1;;;+4/p-2. The normalized spacial score (nSPS) is 9.82. The van der Waals surface area contributed by atoms with Crippen molar-refractivity contribution < 1.29 is 51.0 Å². The van der Waals surface area contributed by atoms with E-state index in [0.29, 0.717) is 0 Å². The van der Waals surface area contributed by atoms with Crippen LogP contribution in [-0.2, 0) is 32.6 Å². The number of nitrogens with zero attached hydrogens (tertiary/aromatic N) is 1. The van der Waals surface area contributed by atoms with E-state index >= 15 is 0 Å². The zero-order valence-electron chi connectivity index (χ0n) is 18.0. The Morgan fingerprint density at radius 2 is 1.18 bits per heavy atom. The largest absolute Gasteiger partial charge is 4.00 e. The van der Waals surface area contributed by atoms with Gasteiger partial charge in [-0.15, -0.1) is 41.1 Å². The fourth-order valence-electron chi connectivity index (χ4n) is 3.88. The smallest absolute Gasteiger partial charge is 1.00 e. The molecular formula is C29H23Cl2NZr. The molecule has 6 rings (SSSR count). The maximum Gasteiger partial charge on any atom is 4.00 e. The van der Waals surface area contributed by atoms with Crippen LogP contribution in [0.15, 0.2) is 128 Å². The Balaban J connectivity index is 0.000000229. The zero-order valence-corrected chi connectivity index (χ0v) is 22.0. The van der Waals surface area contributed by atoms with Crippen molar-refractivity contribution in [3.63, 3.8) is 0 Å². The molecule has 6 aromatic rings. The van der Waals surface area contributed by atoms with Crippen LogP contribution < -0.4 is 24.8 Å². The molecule has 0 spiro atoms. The molecule has 0 aliphatic carbocycles. The summed E-state index contributed by atoms with van der Waals surface area (Å²) >= 11 is 0. The molecule has 1 nitrogen and oxygen atoms in total. The van der Waals surface area contributed by atoms with Gasteiger partial charge in [-0.25, -0.2) is 12.1 Å². The molecule has 0 saturated carbocycles. The average molecular weight is 548 g/mol. The van der Waals surface area contributed by atoms with Crippen LogP contribution in [0.25, 0.3) is 27.2 Å².